The summed E-state index contributed by atoms with van der Waals surface area (Å²) in [7, 11) is 0. The third kappa shape index (κ3) is 10.2. The van der Waals surface area contributed by atoms with Crippen molar-refractivity contribution in [3.8, 4) is 131 Å². The zero-order chi connectivity index (χ0) is 66.8. The summed E-state index contributed by atoms with van der Waals surface area (Å²) in [5.74, 6) is 0.0679. The first-order valence-electron chi connectivity index (χ1n) is 31.7. The summed E-state index contributed by atoms with van der Waals surface area (Å²) in [4.78, 5) is 15.9. The first kappa shape index (κ1) is 60.0. The Bertz CT molecular complexity index is 5840. The molecule has 0 fully saturated rings. The number of phenolic OH excluding ortho intramolecular Hbond substituents is 3. The van der Waals surface area contributed by atoms with Gasteiger partial charge in [0.2, 0.25) is 0 Å². The average molecular weight is 1260 g/mol. The zero-order valence-corrected chi connectivity index (χ0v) is 53.4. The van der Waals surface area contributed by atoms with Gasteiger partial charge in [0, 0.05) is 55.6 Å². The smallest absolute Gasteiger partial charge is 0.164 e. The van der Waals surface area contributed by atoms with Gasteiger partial charge in [0.05, 0.1) is 84.1 Å². The molecule has 0 saturated carbocycles. The summed E-state index contributed by atoms with van der Waals surface area (Å²) in [6.45, 7) is 9.78. The minimum atomic E-state index is -0.00196. The van der Waals surface area contributed by atoms with Crippen LogP contribution in [-0.4, -0.2) is 59.6 Å². The highest BCUT2D eigenvalue weighted by Gasteiger charge is 2.30. The van der Waals surface area contributed by atoms with Gasteiger partial charge >= 0.3 is 0 Å². The molecule has 15 heteroatoms. The minimum Gasteiger partial charge on any atom is -0.507 e. The maximum atomic E-state index is 11.6. The molecular weight excluding hydrogens is 1200 g/mol. The van der Waals surface area contributed by atoms with Crippen LogP contribution in [0.2, 0.25) is 0 Å². The van der Waals surface area contributed by atoms with Crippen molar-refractivity contribution in [1.29, 1.82) is 15.8 Å². The van der Waals surface area contributed by atoms with E-state index in [1.807, 2.05) is 195 Å². The van der Waals surface area contributed by atoms with E-state index in [-0.39, 0.29) is 22.8 Å². The summed E-state index contributed by atoms with van der Waals surface area (Å²) in [6.07, 6.45) is 1.39. The standard InChI is InChI=1S/C82H58N12O3/c1-6-51-31-35-54(36-32-51)77-64(44-83)74(61-24-11-15-28-68(61)95)72-49(4)90-93(81(72)86-77)58-22-18-19-53(43-58)42-52-33-37-55(38-34-52)78-65(45-84)75(62-25-12-16-29-69(62)96)73-50(5)91-94(82(73)87-78)67-27-14-10-23-60(67)59-40-39-56(41-47(59)2)79-66(46-85)76(63-26-13-17-30-70(63)97)71-48(3)89-92(80(71)88-79)57-20-8-7-9-21-57/h7-41,43,95-97H,6,42H2,1-5H3. The van der Waals surface area contributed by atoms with Crippen LogP contribution in [0.25, 0.3) is 128 Å². The number of nitriles is 3. The predicted octanol–water partition coefficient (Wildman–Crippen LogP) is 17.7. The topological polar surface area (TPSA) is 224 Å². The molecule has 15 nitrogen and oxygen atoms in total. The van der Waals surface area contributed by atoms with Crippen molar-refractivity contribution in [2.45, 2.75) is 47.5 Å². The first-order chi connectivity index (χ1) is 47.3. The van der Waals surface area contributed by atoms with Crippen LogP contribution in [0.5, 0.6) is 17.2 Å². The molecule has 0 saturated heterocycles. The molecule has 9 aromatic carbocycles. The fraction of sp³-hybridized carbons (Fsp3) is 0.0854. The monoisotopic (exact) mass is 1260 g/mol. The Balaban J connectivity index is 0.816. The minimum absolute atomic E-state index is 0.00196. The zero-order valence-electron chi connectivity index (χ0n) is 53.4. The average Bonchev–Trinajstić information content (AvgIpc) is 1.65. The van der Waals surface area contributed by atoms with Crippen molar-refractivity contribution in [3.63, 3.8) is 0 Å². The highest BCUT2D eigenvalue weighted by molar-refractivity contribution is 6.06. The number of aromatic hydroxyl groups is 3. The van der Waals surface area contributed by atoms with Gasteiger partial charge in [-0.2, -0.15) is 31.1 Å². The molecule has 0 aliphatic rings. The van der Waals surface area contributed by atoms with E-state index in [2.05, 4.69) is 37.3 Å². The van der Waals surface area contributed by atoms with Gasteiger partial charge < -0.3 is 15.3 Å². The normalized spacial score (nSPS) is 11.3. The van der Waals surface area contributed by atoms with Crippen LogP contribution in [0, 0.1) is 61.7 Å². The molecule has 0 bridgehead atoms. The van der Waals surface area contributed by atoms with Crippen LogP contribution in [0.4, 0.5) is 0 Å². The summed E-state index contributed by atoms with van der Waals surface area (Å²) in [5, 5.41) is 84.8. The molecule has 15 aromatic rings. The predicted molar refractivity (Wildman–Crippen MR) is 378 cm³/mol. The van der Waals surface area contributed by atoms with Gasteiger partial charge in [-0.3, -0.25) is 0 Å². The van der Waals surface area contributed by atoms with Gasteiger partial charge in [-0.15, -0.1) is 0 Å². The van der Waals surface area contributed by atoms with Crippen molar-refractivity contribution in [2.75, 3.05) is 0 Å². The lowest BCUT2D eigenvalue weighted by molar-refractivity contribution is 0.477. The van der Waals surface area contributed by atoms with Crippen molar-refractivity contribution in [2.24, 2.45) is 0 Å². The van der Waals surface area contributed by atoms with E-state index in [4.69, 9.17) is 30.2 Å². The molecule has 6 aromatic heterocycles. The third-order valence-electron chi connectivity index (χ3n) is 18.2. The Hall–Kier alpha value is -13.3. The summed E-state index contributed by atoms with van der Waals surface area (Å²) in [5.41, 5.74) is 18.9. The summed E-state index contributed by atoms with van der Waals surface area (Å²) in [6, 6.07) is 76.3. The Kier molecular flexibility index (Phi) is 15.0. The third-order valence-corrected chi connectivity index (χ3v) is 18.2. The highest BCUT2D eigenvalue weighted by atomic mass is 16.3. The fourth-order valence-corrected chi connectivity index (χ4v) is 13.6. The largest absolute Gasteiger partial charge is 0.507 e. The van der Waals surface area contributed by atoms with Crippen molar-refractivity contribution < 1.29 is 15.3 Å². The molecule has 0 atom stereocenters. The Morgan fingerprint density at radius 1 is 0.361 bits per heavy atom. The molecule has 0 radical (unpaired) electrons. The van der Waals surface area contributed by atoms with Crippen molar-refractivity contribution in [1.82, 2.24) is 44.3 Å². The van der Waals surface area contributed by atoms with Gasteiger partial charge in [-0.1, -0.05) is 171 Å². The molecule has 0 amide bonds. The van der Waals surface area contributed by atoms with Crippen LogP contribution in [0.3, 0.4) is 0 Å². The summed E-state index contributed by atoms with van der Waals surface area (Å²) >= 11 is 0. The Morgan fingerprint density at radius 3 is 1.24 bits per heavy atom. The van der Waals surface area contributed by atoms with Crippen LogP contribution < -0.4 is 0 Å². The fourth-order valence-electron chi connectivity index (χ4n) is 13.6. The van der Waals surface area contributed by atoms with Gasteiger partial charge in [0.1, 0.15) is 35.5 Å². The van der Waals surface area contributed by atoms with Crippen LogP contribution in [0.15, 0.2) is 218 Å². The van der Waals surface area contributed by atoms with E-state index >= 15 is 0 Å². The second-order valence-electron chi connectivity index (χ2n) is 24.1. The number of phenols is 3. The molecule has 0 aliphatic heterocycles. The molecular formula is C82H58N12O3. The molecule has 15 rings (SSSR count). The van der Waals surface area contributed by atoms with E-state index in [0.717, 1.165) is 56.7 Å². The van der Waals surface area contributed by atoms with Crippen LogP contribution >= 0.6 is 0 Å². The number of rotatable bonds is 13. The highest BCUT2D eigenvalue weighted by Crippen LogP contribution is 2.47. The first-order valence-corrected chi connectivity index (χ1v) is 31.7. The molecule has 0 unspecified atom stereocenters. The molecule has 464 valence electrons. The number of aryl methyl sites for hydroxylation is 5. The lowest BCUT2D eigenvalue weighted by Crippen LogP contribution is -2.04. The molecule has 97 heavy (non-hydrogen) atoms. The van der Waals surface area contributed by atoms with Crippen molar-refractivity contribution in [3.05, 3.63) is 274 Å². The number of fused-ring (bicyclic) bond motifs is 3. The number of nitrogens with zero attached hydrogens (tertiary/aromatic N) is 12. The van der Waals surface area contributed by atoms with E-state index in [0.29, 0.717) is 135 Å². The maximum absolute atomic E-state index is 11.6. The van der Waals surface area contributed by atoms with Crippen LogP contribution in [-0.2, 0) is 12.8 Å². The lowest BCUT2D eigenvalue weighted by Gasteiger charge is -2.17. The van der Waals surface area contributed by atoms with Gasteiger partial charge in [-0.05, 0) is 123 Å². The Morgan fingerprint density at radius 2 is 0.763 bits per heavy atom. The van der Waals surface area contributed by atoms with E-state index < -0.39 is 0 Å². The molecule has 0 spiro atoms. The molecule has 3 N–H and O–H groups in total. The number of benzene rings is 9. The van der Waals surface area contributed by atoms with E-state index in [1.165, 1.54) is 0 Å². The number of pyridine rings is 3. The maximum Gasteiger partial charge on any atom is 0.164 e. The second kappa shape index (κ2) is 24.3. The summed E-state index contributed by atoms with van der Waals surface area (Å²) < 4.78 is 5.41. The lowest BCUT2D eigenvalue weighted by atomic mass is 9.91. The van der Waals surface area contributed by atoms with Gasteiger partial charge in [0.25, 0.3) is 0 Å². The second-order valence-corrected chi connectivity index (χ2v) is 24.1. The number of hydrogen-bond acceptors (Lipinski definition) is 12. The Labute approximate surface area is 558 Å². The van der Waals surface area contributed by atoms with Crippen LogP contribution in [0.1, 0.15) is 62.9 Å². The number of hydrogen-bond donors (Lipinski definition) is 3. The number of para-hydroxylation sites is 5. The van der Waals surface area contributed by atoms with Crippen molar-refractivity contribution >= 4 is 33.1 Å². The van der Waals surface area contributed by atoms with Gasteiger partial charge in [-0.25, -0.2) is 29.0 Å². The van der Waals surface area contributed by atoms with E-state index in [1.54, 1.807) is 53.2 Å². The van der Waals surface area contributed by atoms with E-state index in [9.17, 15) is 31.1 Å². The SMILES string of the molecule is CCc1ccc(-c2nc3c(c(C)nn3-c3cccc(Cc4ccc(-c5nc6c(c(C)nn6-c6ccccc6-c6ccc(-c7nc8c(c(C)nn8-c8ccccc8)c(-c8ccccc8O)c7C#N)cc6C)c(-c6ccccc6O)c5C#N)cc4)c3)c(-c3ccccc3O)c2C#N)cc1. The molecule has 6 heterocycles. The van der Waals surface area contributed by atoms with Gasteiger partial charge in [0.15, 0.2) is 16.9 Å². The number of aromatic nitrogens is 9. The quantitative estimate of drug-likeness (QED) is 0.0980. The molecule has 0 aliphatic carbocycles.